The van der Waals surface area contributed by atoms with Crippen LogP contribution in [0.5, 0.6) is 11.5 Å². The van der Waals surface area contributed by atoms with Crippen LogP contribution < -0.4 is 10.2 Å². The van der Waals surface area contributed by atoms with E-state index in [-0.39, 0.29) is 11.3 Å². The number of aromatic hydroxyl groups is 1. The van der Waals surface area contributed by atoms with Gasteiger partial charge in [0.1, 0.15) is 0 Å². The zero-order chi connectivity index (χ0) is 16.1. The average molecular weight is 321 g/mol. The first-order valence-corrected chi connectivity index (χ1v) is 6.58. The Morgan fingerprint density at radius 3 is 2.77 bits per heavy atom. The smallest absolute Gasteiger partial charge is 0.335 e. The van der Waals surface area contributed by atoms with Crippen LogP contribution in [0.3, 0.4) is 0 Å². The van der Waals surface area contributed by atoms with Crippen molar-refractivity contribution in [3.63, 3.8) is 0 Å². The second kappa shape index (κ2) is 6.82. The summed E-state index contributed by atoms with van der Waals surface area (Å²) in [5.74, 6) is -0.688. The van der Waals surface area contributed by atoms with Gasteiger partial charge in [-0.25, -0.2) is 4.79 Å². The SMILES string of the molecule is COc1cc(/C=N/Nc2cc(C(=O)O)ccc2Cl)ccc1O. The van der Waals surface area contributed by atoms with Crippen LogP contribution in [0.4, 0.5) is 5.69 Å². The number of nitrogens with one attached hydrogen (secondary N) is 1. The third kappa shape index (κ3) is 3.67. The van der Waals surface area contributed by atoms with E-state index in [0.717, 1.165) is 0 Å². The van der Waals surface area contributed by atoms with Crippen LogP contribution in [0.25, 0.3) is 0 Å². The summed E-state index contributed by atoms with van der Waals surface area (Å²) in [6.45, 7) is 0. The van der Waals surface area contributed by atoms with Gasteiger partial charge >= 0.3 is 5.97 Å². The summed E-state index contributed by atoms with van der Waals surface area (Å²) in [5, 5.41) is 22.8. The van der Waals surface area contributed by atoms with Crippen LogP contribution in [0, 0.1) is 0 Å². The Labute approximate surface area is 131 Å². The number of hydrogen-bond donors (Lipinski definition) is 3. The Kier molecular flexibility index (Phi) is 4.85. The molecule has 0 aliphatic heterocycles. The van der Waals surface area contributed by atoms with E-state index >= 15 is 0 Å². The van der Waals surface area contributed by atoms with Crippen molar-refractivity contribution in [1.29, 1.82) is 0 Å². The van der Waals surface area contributed by atoms with Crippen LogP contribution >= 0.6 is 11.6 Å². The molecule has 114 valence electrons. The van der Waals surface area contributed by atoms with Crippen molar-refractivity contribution >= 4 is 29.5 Å². The molecule has 2 aromatic carbocycles. The number of hydrazone groups is 1. The van der Waals surface area contributed by atoms with Crippen LogP contribution in [-0.2, 0) is 0 Å². The topological polar surface area (TPSA) is 91.2 Å². The van der Waals surface area contributed by atoms with Crippen LogP contribution in [0.15, 0.2) is 41.5 Å². The molecule has 7 heteroatoms. The minimum atomic E-state index is -1.05. The van der Waals surface area contributed by atoms with Gasteiger partial charge in [-0.2, -0.15) is 5.10 Å². The van der Waals surface area contributed by atoms with Crippen molar-refractivity contribution < 1.29 is 19.7 Å². The lowest BCUT2D eigenvalue weighted by Gasteiger charge is -2.05. The Balaban J connectivity index is 2.15. The summed E-state index contributed by atoms with van der Waals surface area (Å²) in [6.07, 6.45) is 1.49. The number of phenolic OH excluding ortho intramolecular Hbond substituents is 1. The molecule has 0 saturated carbocycles. The fraction of sp³-hybridized carbons (Fsp3) is 0.0667. The van der Waals surface area contributed by atoms with Crippen LogP contribution in [0.1, 0.15) is 15.9 Å². The quantitative estimate of drug-likeness (QED) is 0.581. The predicted molar refractivity (Wildman–Crippen MR) is 84.3 cm³/mol. The van der Waals surface area contributed by atoms with Crippen molar-refractivity contribution in [3.8, 4) is 11.5 Å². The van der Waals surface area contributed by atoms with E-state index in [1.165, 1.54) is 37.6 Å². The first-order valence-electron chi connectivity index (χ1n) is 6.20. The van der Waals surface area contributed by atoms with E-state index in [4.69, 9.17) is 21.4 Å². The van der Waals surface area contributed by atoms with E-state index in [9.17, 15) is 9.90 Å². The maximum absolute atomic E-state index is 10.9. The normalized spacial score (nSPS) is 10.6. The molecule has 0 aliphatic carbocycles. The van der Waals surface area contributed by atoms with Gasteiger partial charge in [-0.1, -0.05) is 11.6 Å². The first kappa shape index (κ1) is 15.7. The minimum Gasteiger partial charge on any atom is -0.504 e. The van der Waals surface area contributed by atoms with Gasteiger partial charge in [-0.3, -0.25) is 5.43 Å². The number of carboxylic acid groups (broad SMARTS) is 1. The highest BCUT2D eigenvalue weighted by Crippen LogP contribution is 2.26. The molecule has 0 heterocycles. The van der Waals surface area contributed by atoms with Gasteiger partial charge in [-0.05, 0) is 42.0 Å². The Bertz CT molecular complexity index is 731. The first-order chi connectivity index (χ1) is 10.5. The Hall–Kier alpha value is -2.73. The van der Waals surface area contributed by atoms with Crippen molar-refractivity contribution in [3.05, 3.63) is 52.5 Å². The van der Waals surface area contributed by atoms with E-state index < -0.39 is 5.97 Å². The van der Waals surface area contributed by atoms with E-state index in [0.29, 0.717) is 22.0 Å². The van der Waals surface area contributed by atoms with Crippen molar-refractivity contribution in [2.75, 3.05) is 12.5 Å². The molecule has 22 heavy (non-hydrogen) atoms. The fourth-order valence-electron chi connectivity index (χ4n) is 1.69. The number of halogens is 1. The van der Waals surface area contributed by atoms with Gasteiger partial charge in [0, 0.05) is 0 Å². The molecule has 2 aromatic rings. The van der Waals surface area contributed by atoms with E-state index in [2.05, 4.69) is 10.5 Å². The third-order valence-electron chi connectivity index (χ3n) is 2.82. The van der Waals surface area contributed by atoms with Crippen molar-refractivity contribution in [2.45, 2.75) is 0 Å². The molecule has 3 N–H and O–H groups in total. The molecule has 0 bridgehead atoms. The third-order valence-corrected chi connectivity index (χ3v) is 3.15. The minimum absolute atomic E-state index is 0.0322. The number of phenols is 1. The number of carboxylic acids is 1. The maximum Gasteiger partial charge on any atom is 0.335 e. The van der Waals surface area contributed by atoms with Gasteiger partial charge in [0.15, 0.2) is 11.5 Å². The lowest BCUT2D eigenvalue weighted by atomic mass is 10.2. The molecule has 0 fully saturated rings. The fourth-order valence-corrected chi connectivity index (χ4v) is 1.85. The highest BCUT2D eigenvalue weighted by atomic mass is 35.5. The summed E-state index contributed by atoms with van der Waals surface area (Å²) < 4.78 is 4.99. The van der Waals surface area contributed by atoms with E-state index in [1.807, 2.05) is 0 Å². The zero-order valence-corrected chi connectivity index (χ0v) is 12.3. The molecule has 0 amide bonds. The standard InChI is InChI=1S/C15H13ClN2O4/c1-22-14-6-9(2-5-13(14)19)8-17-18-12-7-10(15(20)21)3-4-11(12)16/h2-8,18-19H,1H3,(H,20,21)/b17-8+. The number of nitrogens with zero attached hydrogens (tertiary/aromatic N) is 1. The zero-order valence-electron chi connectivity index (χ0n) is 11.6. The number of hydrogen-bond acceptors (Lipinski definition) is 5. The number of benzene rings is 2. The van der Waals surface area contributed by atoms with Crippen LogP contribution in [-0.4, -0.2) is 29.5 Å². The molecule has 2 rings (SSSR count). The maximum atomic E-state index is 10.9. The van der Waals surface area contributed by atoms with Gasteiger partial charge in [-0.15, -0.1) is 0 Å². The molecular formula is C15H13ClN2O4. The van der Waals surface area contributed by atoms with Crippen LogP contribution in [0.2, 0.25) is 5.02 Å². The largest absolute Gasteiger partial charge is 0.504 e. The van der Waals surface area contributed by atoms with Gasteiger partial charge in [0.2, 0.25) is 0 Å². The lowest BCUT2D eigenvalue weighted by Crippen LogP contribution is -1.98. The lowest BCUT2D eigenvalue weighted by molar-refractivity contribution is 0.0697. The molecule has 6 nitrogen and oxygen atoms in total. The Morgan fingerprint density at radius 1 is 1.32 bits per heavy atom. The number of methoxy groups -OCH3 is 1. The Morgan fingerprint density at radius 2 is 2.09 bits per heavy atom. The highest BCUT2D eigenvalue weighted by molar-refractivity contribution is 6.33. The summed E-state index contributed by atoms with van der Waals surface area (Å²) >= 11 is 5.97. The number of carbonyl (C=O) groups is 1. The molecule has 0 aliphatic rings. The molecule has 0 radical (unpaired) electrons. The number of rotatable bonds is 5. The van der Waals surface area contributed by atoms with Gasteiger partial charge < -0.3 is 14.9 Å². The van der Waals surface area contributed by atoms with Crippen molar-refractivity contribution in [1.82, 2.24) is 0 Å². The molecule has 0 saturated heterocycles. The second-order valence-electron chi connectivity index (χ2n) is 4.30. The molecule has 0 atom stereocenters. The second-order valence-corrected chi connectivity index (χ2v) is 4.71. The highest BCUT2D eigenvalue weighted by Gasteiger charge is 2.06. The molecular weight excluding hydrogens is 308 g/mol. The van der Waals surface area contributed by atoms with Crippen molar-refractivity contribution in [2.24, 2.45) is 5.10 Å². The summed E-state index contributed by atoms with van der Waals surface area (Å²) in [6, 6.07) is 9.02. The molecule has 0 unspecified atom stereocenters. The van der Waals surface area contributed by atoms with Gasteiger partial charge in [0.25, 0.3) is 0 Å². The number of anilines is 1. The number of ether oxygens (including phenoxy) is 1. The summed E-state index contributed by atoms with van der Waals surface area (Å²) in [4.78, 5) is 10.9. The number of aromatic carboxylic acids is 1. The summed E-state index contributed by atoms with van der Waals surface area (Å²) in [5.41, 5.74) is 3.85. The monoisotopic (exact) mass is 320 g/mol. The predicted octanol–water partition coefficient (Wildman–Crippen LogP) is 3.20. The molecule has 0 aromatic heterocycles. The molecule has 0 spiro atoms. The van der Waals surface area contributed by atoms with Gasteiger partial charge in [0.05, 0.1) is 29.6 Å². The van der Waals surface area contributed by atoms with E-state index in [1.54, 1.807) is 12.1 Å². The average Bonchev–Trinajstić information content (AvgIpc) is 2.50. The summed E-state index contributed by atoms with van der Waals surface area (Å²) in [7, 11) is 1.45.